The van der Waals surface area contributed by atoms with Crippen molar-refractivity contribution in [2.24, 2.45) is 5.16 Å². The maximum atomic E-state index is 13.6. The van der Waals surface area contributed by atoms with Crippen LogP contribution >= 0.6 is 31.0 Å². The van der Waals surface area contributed by atoms with Crippen LogP contribution in [0, 0.1) is 5.82 Å². The zero-order chi connectivity index (χ0) is 13.2. The lowest BCUT2D eigenvalue weighted by atomic mass is 10.2. The van der Waals surface area contributed by atoms with Crippen LogP contribution in [0.2, 0.25) is 5.02 Å². The normalized spacial score (nSPS) is 23.4. The summed E-state index contributed by atoms with van der Waals surface area (Å²) in [4.78, 5) is 0. The lowest BCUT2D eigenvalue weighted by Crippen LogP contribution is -2.09. The quantitative estimate of drug-likeness (QED) is 0.789. The highest BCUT2D eigenvalue weighted by atomic mass is 35.5. The third-order valence-corrected chi connectivity index (χ3v) is 5.74. The molecule has 0 spiro atoms. The summed E-state index contributed by atoms with van der Waals surface area (Å²) in [5, 5.41) is 4.16. The van der Waals surface area contributed by atoms with E-state index in [9.17, 15) is 8.96 Å². The van der Waals surface area contributed by atoms with Gasteiger partial charge in [0.25, 0.3) is 0 Å². The molecule has 1 aromatic carbocycles. The van der Waals surface area contributed by atoms with Gasteiger partial charge in [0.15, 0.2) is 0 Å². The van der Waals surface area contributed by atoms with E-state index >= 15 is 0 Å². The average molecular weight is 310 g/mol. The number of hydrogen-bond donors (Lipinski definition) is 0. The average Bonchev–Trinajstić information content (AvgIpc) is 2.32. The molecule has 0 fully saturated rings. The van der Waals surface area contributed by atoms with Gasteiger partial charge in [-0.15, -0.1) is 0 Å². The van der Waals surface area contributed by atoms with E-state index in [0.717, 1.165) is 11.8 Å². The summed E-state index contributed by atoms with van der Waals surface area (Å²) in [5.41, 5.74) is 0.247. The molecule has 0 saturated heterocycles. The Morgan fingerprint density at radius 2 is 2.44 bits per heavy atom. The van der Waals surface area contributed by atoms with E-state index in [4.69, 9.17) is 20.7 Å². The highest BCUT2D eigenvalue weighted by molar-refractivity contribution is 8.18. The summed E-state index contributed by atoms with van der Waals surface area (Å²) in [6.07, 6.45) is 0. The van der Waals surface area contributed by atoms with Crippen LogP contribution in [0.15, 0.2) is 23.4 Å². The number of hydrogen-bond acceptors (Lipinski definition) is 5. The topological polar surface area (TPSA) is 47.9 Å². The van der Waals surface area contributed by atoms with E-state index in [-0.39, 0.29) is 27.7 Å². The zero-order valence-corrected chi connectivity index (χ0v) is 11.9. The van der Waals surface area contributed by atoms with Crippen LogP contribution in [0.3, 0.4) is 0 Å². The Labute approximate surface area is 113 Å². The predicted molar refractivity (Wildman–Crippen MR) is 70.7 cm³/mol. The maximum Gasteiger partial charge on any atom is 0.410 e. The van der Waals surface area contributed by atoms with Crippen LogP contribution in [-0.2, 0) is 13.7 Å². The highest BCUT2D eigenvalue weighted by Gasteiger charge is 2.32. The molecule has 0 aliphatic carbocycles. The predicted octanol–water partition coefficient (Wildman–Crippen LogP) is 4.09. The molecule has 2 rings (SSSR count). The first-order valence-electron chi connectivity index (χ1n) is 5.13. The van der Waals surface area contributed by atoms with Crippen molar-refractivity contribution in [2.45, 2.75) is 6.92 Å². The number of oxime groups is 1. The Morgan fingerprint density at radius 3 is 3.00 bits per heavy atom. The fourth-order valence-electron chi connectivity index (χ4n) is 1.37. The third kappa shape index (κ3) is 2.88. The van der Waals surface area contributed by atoms with E-state index in [1.807, 2.05) is 0 Å². The van der Waals surface area contributed by atoms with E-state index in [2.05, 4.69) is 5.16 Å². The molecule has 1 atom stereocenters. The number of rotatable bonds is 3. The molecule has 0 saturated carbocycles. The van der Waals surface area contributed by atoms with E-state index in [0.29, 0.717) is 0 Å². The lowest BCUT2D eigenvalue weighted by Gasteiger charge is -2.20. The molecule has 1 aliphatic heterocycles. The van der Waals surface area contributed by atoms with Gasteiger partial charge in [0.1, 0.15) is 16.4 Å². The highest BCUT2D eigenvalue weighted by Crippen LogP contribution is 2.54. The van der Waals surface area contributed by atoms with Crippen molar-refractivity contribution >= 4 is 36.0 Å². The largest absolute Gasteiger partial charge is 0.410 e. The molecule has 0 radical (unpaired) electrons. The molecule has 0 amide bonds. The van der Waals surface area contributed by atoms with Gasteiger partial charge in [-0.2, -0.15) is 0 Å². The van der Waals surface area contributed by atoms with Crippen molar-refractivity contribution in [2.75, 3.05) is 12.1 Å². The summed E-state index contributed by atoms with van der Waals surface area (Å²) in [7, 11) is -3.19. The zero-order valence-electron chi connectivity index (χ0n) is 9.43. The van der Waals surface area contributed by atoms with Crippen LogP contribution in [-0.4, -0.2) is 17.1 Å². The van der Waals surface area contributed by atoms with Gasteiger partial charge in [0, 0.05) is 0 Å². The first-order valence-corrected chi connectivity index (χ1v) is 8.22. The van der Waals surface area contributed by atoms with Gasteiger partial charge in [-0.1, -0.05) is 34.6 Å². The van der Waals surface area contributed by atoms with Crippen molar-refractivity contribution in [3.63, 3.8) is 0 Å². The van der Waals surface area contributed by atoms with Crippen molar-refractivity contribution < 1.29 is 18.1 Å². The Bertz CT molecular complexity index is 520. The van der Waals surface area contributed by atoms with Crippen molar-refractivity contribution in [1.82, 2.24) is 0 Å². The molecule has 1 aliphatic rings. The number of halogens is 2. The molecule has 18 heavy (non-hydrogen) atoms. The second kappa shape index (κ2) is 5.61. The molecular weight excluding hydrogens is 300 g/mol. The minimum absolute atomic E-state index is 0.0876. The van der Waals surface area contributed by atoms with Crippen LogP contribution < -0.4 is 0 Å². The molecule has 8 heteroatoms. The molecule has 1 heterocycles. The van der Waals surface area contributed by atoms with Gasteiger partial charge in [0.05, 0.1) is 17.2 Å². The van der Waals surface area contributed by atoms with Gasteiger partial charge in [-0.25, -0.2) is 8.96 Å². The van der Waals surface area contributed by atoms with Gasteiger partial charge in [0.2, 0.25) is 0 Å². The second-order valence-corrected chi connectivity index (χ2v) is 7.14. The third-order valence-electron chi connectivity index (χ3n) is 2.11. The Hall–Kier alpha value is -0.550. The monoisotopic (exact) mass is 309 g/mol. The summed E-state index contributed by atoms with van der Waals surface area (Å²) in [6.45, 7) is 1.98. The van der Waals surface area contributed by atoms with Gasteiger partial charge >= 0.3 is 7.60 Å². The van der Waals surface area contributed by atoms with Crippen LogP contribution in [0.4, 0.5) is 4.39 Å². The number of benzene rings is 1. The number of nitrogens with zero attached hydrogens (tertiary/aromatic N) is 1. The van der Waals surface area contributed by atoms with Crippen LogP contribution in [0.1, 0.15) is 12.5 Å². The van der Waals surface area contributed by atoms with Crippen LogP contribution in [0.25, 0.3) is 0 Å². The van der Waals surface area contributed by atoms with Crippen molar-refractivity contribution in [3.8, 4) is 0 Å². The summed E-state index contributed by atoms with van der Waals surface area (Å²) < 4.78 is 35.4. The molecule has 0 N–H and O–H groups in total. The minimum atomic E-state index is -3.19. The summed E-state index contributed by atoms with van der Waals surface area (Å²) in [6, 6.07) is 4.34. The van der Waals surface area contributed by atoms with Crippen LogP contribution in [0.5, 0.6) is 0 Å². The molecule has 4 nitrogen and oxygen atoms in total. The fraction of sp³-hybridized carbons (Fsp3) is 0.300. The summed E-state index contributed by atoms with van der Waals surface area (Å²) >= 11 is 7.01. The number of thioether (sulfide) groups is 1. The van der Waals surface area contributed by atoms with E-state index in [1.54, 1.807) is 13.0 Å². The molecule has 0 aromatic heterocycles. The smallest absolute Gasteiger partial charge is 0.312 e. The Kier molecular flexibility index (Phi) is 4.33. The standard InChI is InChI=1S/C10H10ClFNO3PS/c1-2-15-17(14)6-18-10(13-16-17)9-7(11)4-3-5-8(9)12/h3-5H,2,6H2,1H3. The Morgan fingerprint density at radius 1 is 1.67 bits per heavy atom. The SMILES string of the molecule is CCOP1(=O)CSC(c2c(F)cccc2Cl)=NO1. The first-order chi connectivity index (χ1) is 8.56. The molecule has 98 valence electrons. The minimum Gasteiger partial charge on any atom is -0.312 e. The summed E-state index contributed by atoms with van der Waals surface area (Å²) in [5.74, 6) is -0.495. The van der Waals surface area contributed by atoms with Crippen molar-refractivity contribution in [3.05, 3.63) is 34.6 Å². The Balaban J connectivity index is 2.27. The second-order valence-electron chi connectivity index (χ2n) is 3.38. The van der Waals surface area contributed by atoms with Gasteiger partial charge in [-0.3, -0.25) is 4.52 Å². The fourth-order valence-corrected chi connectivity index (χ4v) is 4.43. The first kappa shape index (κ1) is 13.9. The molecule has 1 unspecified atom stereocenters. The van der Waals surface area contributed by atoms with Gasteiger partial charge in [-0.05, 0) is 19.1 Å². The molecule has 1 aromatic rings. The van der Waals surface area contributed by atoms with E-state index in [1.165, 1.54) is 12.1 Å². The molecule has 0 bridgehead atoms. The maximum absolute atomic E-state index is 13.6. The van der Waals surface area contributed by atoms with E-state index < -0.39 is 13.4 Å². The molecular formula is C10H10ClFNO3PS. The van der Waals surface area contributed by atoms with Gasteiger partial charge < -0.3 is 4.62 Å². The van der Waals surface area contributed by atoms with Crippen molar-refractivity contribution in [1.29, 1.82) is 0 Å². The lowest BCUT2D eigenvalue weighted by molar-refractivity contribution is 0.222.